The minimum absolute atomic E-state index is 0.00580. The van der Waals surface area contributed by atoms with Crippen LogP contribution in [0.1, 0.15) is 25.3 Å². The van der Waals surface area contributed by atoms with E-state index in [1.54, 1.807) is 6.92 Å². The second-order valence-electron chi connectivity index (χ2n) is 4.52. The fourth-order valence-electron chi connectivity index (χ4n) is 2.03. The number of rotatable bonds is 3. The first-order valence-corrected chi connectivity index (χ1v) is 6.11. The number of ketones is 1. The van der Waals surface area contributed by atoms with Crippen molar-refractivity contribution in [2.45, 2.75) is 19.8 Å². The third kappa shape index (κ3) is 2.86. The van der Waals surface area contributed by atoms with E-state index in [-0.39, 0.29) is 11.7 Å². The minimum atomic E-state index is -0.00580. The molecule has 0 spiro atoms. The molecule has 1 aromatic carbocycles. The van der Waals surface area contributed by atoms with E-state index in [2.05, 4.69) is 29.2 Å². The summed E-state index contributed by atoms with van der Waals surface area (Å²) in [6, 6.07) is 8.30. The standard InChI is InChI=1S/C14H19NO2/c1-11(12(2)16)13-3-5-14(6-4-13)15-7-9-17-10-8-15/h3-6,11H,7-10H2,1-2H3. The molecule has 2 rings (SSSR count). The van der Waals surface area contributed by atoms with Crippen molar-refractivity contribution in [3.63, 3.8) is 0 Å². The lowest BCUT2D eigenvalue weighted by Crippen LogP contribution is -2.36. The summed E-state index contributed by atoms with van der Waals surface area (Å²) in [5.41, 5.74) is 2.31. The third-order valence-corrected chi connectivity index (χ3v) is 3.38. The van der Waals surface area contributed by atoms with Gasteiger partial charge in [0.2, 0.25) is 0 Å². The van der Waals surface area contributed by atoms with Gasteiger partial charge < -0.3 is 9.64 Å². The van der Waals surface area contributed by atoms with Crippen LogP contribution < -0.4 is 4.90 Å². The van der Waals surface area contributed by atoms with Gasteiger partial charge in [-0.3, -0.25) is 4.79 Å². The van der Waals surface area contributed by atoms with Gasteiger partial charge in [-0.05, 0) is 24.6 Å². The maximum absolute atomic E-state index is 11.3. The van der Waals surface area contributed by atoms with Gasteiger partial charge in [-0.25, -0.2) is 0 Å². The first-order valence-electron chi connectivity index (χ1n) is 6.11. The highest BCUT2D eigenvalue weighted by Crippen LogP contribution is 2.21. The van der Waals surface area contributed by atoms with Crippen LogP contribution in [0.5, 0.6) is 0 Å². The highest BCUT2D eigenvalue weighted by atomic mass is 16.5. The van der Waals surface area contributed by atoms with Crippen LogP contribution in [0.4, 0.5) is 5.69 Å². The van der Waals surface area contributed by atoms with Crippen LogP contribution in [0, 0.1) is 0 Å². The van der Waals surface area contributed by atoms with Crippen molar-refractivity contribution >= 4 is 11.5 Å². The van der Waals surface area contributed by atoms with Gasteiger partial charge in [-0.1, -0.05) is 19.1 Å². The molecule has 1 atom stereocenters. The summed E-state index contributed by atoms with van der Waals surface area (Å²) >= 11 is 0. The number of anilines is 1. The average molecular weight is 233 g/mol. The molecule has 3 heteroatoms. The molecule has 0 bridgehead atoms. The Bertz CT molecular complexity index is 380. The number of carbonyl (C=O) groups excluding carboxylic acids is 1. The number of ether oxygens (including phenoxy) is 1. The van der Waals surface area contributed by atoms with E-state index in [1.165, 1.54) is 5.69 Å². The van der Waals surface area contributed by atoms with Crippen LogP contribution in [0.25, 0.3) is 0 Å². The SMILES string of the molecule is CC(=O)C(C)c1ccc(N2CCOCC2)cc1. The zero-order chi connectivity index (χ0) is 12.3. The van der Waals surface area contributed by atoms with Crippen LogP contribution >= 0.6 is 0 Å². The van der Waals surface area contributed by atoms with Gasteiger partial charge in [0, 0.05) is 24.7 Å². The van der Waals surface area contributed by atoms with Crippen molar-refractivity contribution in [1.29, 1.82) is 0 Å². The number of hydrogen-bond acceptors (Lipinski definition) is 3. The van der Waals surface area contributed by atoms with E-state index in [0.29, 0.717) is 0 Å². The summed E-state index contributed by atoms with van der Waals surface area (Å²) < 4.78 is 5.33. The monoisotopic (exact) mass is 233 g/mol. The summed E-state index contributed by atoms with van der Waals surface area (Å²) in [5, 5.41) is 0. The van der Waals surface area contributed by atoms with Crippen LogP contribution in [0.3, 0.4) is 0 Å². The molecule has 0 aliphatic carbocycles. The molecule has 17 heavy (non-hydrogen) atoms. The molecule has 1 saturated heterocycles. The number of morpholine rings is 1. The number of Topliss-reactive ketones (excluding diaryl/α,β-unsaturated/α-hetero) is 1. The molecular formula is C14H19NO2. The molecule has 0 aromatic heterocycles. The molecule has 1 aliphatic heterocycles. The maximum Gasteiger partial charge on any atom is 0.136 e. The molecule has 0 amide bonds. The Hall–Kier alpha value is -1.35. The van der Waals surface area contributed by atoms with Gasteiger partial charge in [0.25, 0.3) is 0 Å². The molecular weight excluding hydrogens is 214 g/mol. The minimum Gasteiger partial charge on any atom is -0.378 e. The lowest BCUT2D eigenvalue weighted by atomic mass is 9.97. The van der Waals surface area contributed by atoms with Crippen molar-refractivity contribution in [1.82, 2.24) is 0 Å². The number of benzene rings is 1. The fourth-order valence-corrected chi connectivity index (χ4v) is 2.03. The Kier molecular flexibility index (Phi) is 3.79. The van der Waals surface area contributed by atoms with Crippen LogP contribution in [-0.2, 0) is 9.53 Å². The molecule has 1 aromatic rings. The van der Waals surface area contributed by atoms with E-state index < -0.39 is 0 Å². The van der Waals surface area contributed by atoms with Crippen molar-refractivity contribution in [3.05, 3.63) is 29.8 Å². The number of nitrogens with zero attached hydrogens (tertiary/aromatic N) is 1. The Morgan fingerprint density at radius 2 is 1.82 bits per heavy atom. The summed E-state index contributed by atoms with van der Waals surface area (Å²) in [6.07, 6.45) is 0. The summed E-state index contributed by atoms with van der Waals surface area (Å²) in [7, 11) is 0. The zero-order valence-corrected chi connectivity index (χ0v) is 10.5. The van der Waals surface area contributed by atoms with E-state index in [9.17, 15) is 4.79 Å². The topological polar surface area (TPSA) is 29.5 Å². The molecule has 0 N–H and O–H groups in total. The number of carbonyl (C=O) groups is 1. The summed E-state index contributed by atoms with van der Waals surface area (Å²) in [4.78, 5) is 13.6. The predicted octanol–water partition coefficient (Wildman–Crippen LogP) is 2.22. The molecule has 1 unspecified atom stereocenters. The van der Waals surface area contributed by atoms with Gasteiger partial charge in [0.1, 0.15) is 5.78 Å². The molecule has 1 aliphatic rings. The molecule has 1 heterocycles. The molecule has 0 saturated carbocycles. The molecule has 3 nitrogen and oxygen atoms in total. The van der Waals surface area contributed by atoms with Crippen molar-refractivity contribution < 1.29 is 9.53 Å². The third-order valence-electron chi connectivity index (χ3n) is 3.38. The highest BCUT2D eigenvalue weighted by molar-refractivity contribution is 5.83. The van der Waals surface area contributed by atoms with Gasteiger partial charge in [0.05, 0.1) is 13.2 Å². The molecule has 1 fully saturated rings. The lowest BCUT2D eigenvalue weighted by Gasteiger charge is -2.29. The highest BCUT2D eigenvalue weighted by Gasteiger charge is 2.13. The lowest BCUT2D eigenvalue weighted by molar-refractivity contribution is -0.118. The van der Waals surface area contributed by atoms with Crippen LogP contribution in [0.2, 0.25) is 0 Å². The number of hydrogen-bond donors (Lipinski definition) is 0. The van der Waals surface area contributed by atoms with Crippen molar-refractivity contribution in [2.75, 3.05) is 31.2 Å². The molecule has 0 radical (unpaired) electrons. The van der Waals surface area contributed by atoms with Gasteiger partial charge >= 0.3 is 0 Å². The van der Waals surface area contributed by atoms with Crippen LogP contribution in [0.15, 0.2) is 24.3 Å². The fraction of sp³-hybridized carbons (Fsp3) is 0.500. The normalized spacial score (nSPS) is 17.9. The second-order valence-corrected chi connectivity index (χ2v) is 4.52. The van der Waals surface area contributed by atoms with Crippen molar-refractivity contribution in [3.8, 4) is 0 Å². The quantitative estimate of drug-likeness (QED) is 0.801. The average Bonchev–Trinajstić information content (AvgIpc) is 2.39. The first kappa shape index (κ1) is 12.1. The largest absolute Gasteiger partial charge is 0.378 e. The summed E-state index contributed by atoms with van der Waals surface area (Å²) in [6.45, 7) is 7.08. The van der Waals surface area contributed by atoms with Gasteiger partial charge in [-0.2, -0.15) is 0 Å². The van der Waals surface area contributed by atoms with E-state index in [4.69, 9.17) is 4.74 Å². The Morgan fingerprint density at radius 1 is 1.24 bits per heavy atom. The van der Waals surface area contributed by atoms with E-state index >= 15 is 0 Å². The Labute approximate surface area is 102 Å². The molecule has 92 valence electrons. The Morgan fingerprint density at radius 3 is 2.35 bits per heavy atom. The van der Waals surface area contributed by atoms with E-state index in [0.717, 1.165) is 31.9 Å². The van der Waals surface area contributed by atoms with Crippen molar-refractivity contribution in [2.24, 2.45) is 0 Å². The maximum atomic E-state index is 11.3. The first-order chi connectivity index (χ1) is 8.18. The second kappa shape index (κ2) is 5.32. The van der Waals surface area contributed by atoms with Crippen LogP contribution in [-0.4, -0.2) is 32.1 Å². The summed E-state index contributed by atoms with van der Waals surface area (Å²) in [5.74, 6) is 0.206. The zero-order valence-electron chi connectivity index (χ0n) is 10.5. The predicted molar refractivity (Wildman–Crippen MR) is 68.6 cm³/mol. The Balaban J connectivity index is 2.09. The van der Waals surface area contributed by atoms with Gasteiger partial charge in [-0.15, -0.1) is 0 Å². The van der Waals surface area contributed by atoms with Gasteiger partial charge in [0.15, 0.2) is 0 Å². The van der Waals surface area contributed by atoms with E-state index in [1.807, 2.05) is 6.92 Å². The smallest absolute Gasteiger partial charge is 0.136 e.